The lowest BCUT2D eigenvalue weighted by atomic mass is 10.2. The van der Waals surface area contributed by atoms with Crippen LogP contribution in [0.5, 0.6) is 0 Å². The fourth-order valence-corrected chi connectivity index (χ4v) is 2.70. The van der Waals surface area contributed by atoms with Crippen LogP contribution in [0.15, 0.2) is 53.0 Å². The molecule has 0 aliphatic heterocycles. The number of nitrogens with zero attached hydrogens (tertiary/aromatic N) is 4. The van der Waals surface area contributed by atoms with Crippen LogP contribution in [0.25, 0.3) is 17.1 Å². The molecule has 4 nitrogen and oxygen atoms in total. The molecule has 0 bridgehead atoms. The Morgan fingerprint density at radius 1 is 1.10 bits per heavy atom. The summed E-state index contributed by atoms with van der Waals surface area (Å²) in [7, 11) is 0. The van der Waals surface area contributed by atoms with Crippen LogP contribution >= 0.6 is 27.5 Å². The van der Waals surface area contributed by atoms with E-state index in [4.69, 9.17) is 11.6 Å². The second-order valence-electron chi connectivity index (χ2n) is 4.18. The number of aromatic nitrogens is 4. The third kappa shape index (κ3) is 2.59. The number of alkyl halides is 1. The minimum atomic E-state index is 0.459. The largest absolute Gasteiger partial charge is 0.205 e. The van der Waals surface area contributed by atoms with Crippen molar-refractivity contribution in [1.29, 1.82) is 0 Å². The fourth-order valence-electron chi connectivity index (χ4n) is 1.80. The van der Waals surface area contributed by atoms with E-state index >= 15 is 0 Å². The van der Waals surface area contributed by atoms with Gasteiger partial charge in [0, 0.05) is 15.9 Å². The maximum Gasteiger partial charge on any atom is 0.205 e. The van der Waals surface area contributed by atoms with Crippen LogP contribution in [0.4, 0.5) is 0 Å². The van der Waals surface area contributed by atoms with Crippen molar-refractivity contribution in [3.63, 3.8) is 0 Å². The molecule has 0 amide bonds. The van der Waals surface area contributed by atoms with E-state index in [0.717, 1.165) is 21.3 Å². The van der Waals surface area contributed by atoms with E-state index in [0.29, 0.717) is 11.7 Å². The van der Waals surface area contributed by atoms with E-state index in [9.17, 15) is 0 Å². The Labute approximate surface area is 129 Å². The first-order valence-corrected chi connectivity index (χ1v) is 7.31. The zero-order valence-corrected chi connectivity index (χ0v) is 12.7. The molecule has 0 atom stereocenters. The van der Waals surface area contributed by atoms with E-state index in [1.54, 1.807) is 0 Å². The molecule has 0 unspecified atom stereocenters. The molecule has 0 aliphatic carbocycles. The molecule has 20 heavy (non-hydrogen) atoms. The summed E-state index contributed by atoms with van der Waals surface area (Å²) in [6.45, 7) is 0. The molecule has 0 saturated heterocycles. The third-order valence-corrected chi connectivity index (χ3v) is 3.88. The van der Waals surface area contributed by atoms with Gasteiger partial charge in [0.05, 0.1) is 5.69 Å². The molecule has 0 saturated carbocycles. The van der Waals surface area contributed by atoms with Gasteiger partial charge in [-0.3, -0.25) is 0 Å². The first-order chi connectivity index (χ1) is 9.78. The lowest BCUT2D eigenvalue weighted by molar-refractivity contribution is 0.719. The Kier molecular flexibility index (Phi) is 3.80. The zero-order valence-electron chi connectivity index (χ0n) is 10.4. The molecule has 3 aromatic rings. The number of hydrogen-bond donors (Lipinski definition) is 0. The number of halogens is 2. The normalized spacial score (nSPS) is 10.7. The van der Waals surface area contributed by atoms with Crippen molar-refractivity contribution in [1.82, 2.24) is 20.2 Å². The maximum atomic E-state index is 5.83. The van der Waals surface area contributed by atoms with Gasteiger partial charge >= 0.3 is 0 Å². The molecule has 6 heteroatoms. The highest BCUT2D eigenvalue weighted by molar-refractivity contribution is 9.10. The van der Waals surface area contributed by atoms with E-state index in [1.165, 1.54) is 4.80 Å². The quantitative estimate of drug-likeness (QED) is 0.675. The molecule has 100 valence electrons. The molecule has 0 fully saturated rings. The van der Waals surface area contributed by atoms with Gasteiger partial charge in [0.2, 0.25) is 5.82 Å². The predicted octanol–water partition coefficient (Wildman–Crippen LogP) is 3.83. The summed E-state index contributed by atoms with van der Waals surface area (Å²) in [6.07, 6.45) is 0. The first-order valence-electron chi connectivity index (χ1n) is 5.98. The van der Waals surface area contributed by atoms with Crippen LogP contribution in [0.1, 0.15) is 5.56 Å². The molecule has 0 aliphatic rings. The third-order valence-electron chi connectivity index (χ3n) is 2.86. The van der Waals surface area contributed by atoms with Gasteiger partial charge in [0.25, 0.3) is 0 Å². The van der Waals surface area contributed by atoms with Gasteiger partial charge in [-0.05, 0) is 22.9 Å². The smallest absolute Gasteiger partial charge is 0.130 e. The van der Waals surface area contributed by atoms with Crippen molar-refractivity contribution >= 4 is 27.5 Å². The molecular weight excluding hydrogens is 340 g/mol. The van der Waals surface area contributed by atoms with Gasteiger partial charge in [-0.2, -0.15) is 0 Å². The van der Waals surface area contributed by atoms with Crippen molar-refractivity contribution < 1.29 is 0 Å². The summed E-state index contributed by atoms with van der Waals surface area (Å²) in [6, 6.07) is 15.5. The van der Waals surface area contributed by atoms with Crippen molar-refractivity contribution in [3.05, 3.63) is 58.6 Å². The lowest BCUT2D eigenvalue weighted by Crippen LogP contribution is -1.99. The highest BCUT2D eigenvalue weighted by Gasteiger charge is 2.08. The van der Waals surface area contributed by atoms with E-state index in [1.807, 2.05) is 48.5 Å². The number of hydrogen-bond acceptors (Lipinski definition) is 3. The van der Waals surface area contributed by atoms with Crippen molar-refractivity contribution in [3.8, 4) is 17.1 Å². The van der Waals surface area contributed by atoms with Crippen molar-refractivity contribution in [2.75, 3.05) is 0 Å². The SMILES string of the molecule is ClCc1ccc(-n2nnc(-c3ccccc3)n2)cc1Br. The van der Waals surface area contributed by atoms with Gasteiger partial charge in [-0.15, -0.1) is 26.6 Å². The number of tetrazole rings is 1. The molecule has 0 spiro atoms. The predicted molar refractivity (Wildman–Crippen MR) is 81.8 cm³/mol. The van der Waals surface area contributed by atoms with Crippen LogP contribution in [0.3, 0.4) is 0 Å². The average molecular weight is 350 g/mol. The number of rotatable bonds is 3. The maximum absolute atomic E-state index is 5.83. The summed E-state index contributed by atoms with van der Waals surface area (Å²) in [5.41, 5.74) is 2.80. The van der Waals surface area contributed by atoms with Crippen LogP contribution in [-0.2, 0) is 5.88 Å². The Bertz CT molecular complexity index is 727. The van der Waals surface area contributed by atoms with Crippen LogP contribution in [0.2, 0.25) is 0 Å². The van der Waals surface area contributed by atoms with E-state index in [2.05, 4.69) is 31.3 Å². The van der Waals surface area contributed by atoms with Gasteiger partial charge in [0.15, 0.2) is 0 Å². The summed E-state index contributed by atoms with van der Waals surface area (Å²) in [5.74, 6) is 1.06. The molecule has 0 radical (unpaired) electrons. The van der Waals surface area contributed by atoms with E-state index in [-0.39, 0.29) is 0 Å². The van der Waals surface area contributed by atoms with Crippen molar-refractivity contribution in [2.24, 2.45) is 0 Å². The first kappa shape index (κ1) is 13.3. The molecule has 1 aromatic heterocycles. The van der Waals surface area contributed by atoms with Gasteiger partial charge in [0.1, 0.15) is 0 Å². The molecule has 2 aromatic carbocycles. The molecule has 3 rings (SSSR count). The lowest BCUT2D eigenvalue weighted by Gasteiger charge is -2.03. The highest BCUT2D eigenvalue weighted by Crippen LogP contribution is 2.22. The summed E-state index contributed by atoms with van der Waals surface area (Å²) < 4.78 is 0.934. The summed E-state index contributed by atoms with van der Waals surface area (Å²) >= 11 is 9.32. The molecule has 1 heterocycles. The Morgan fingerprint density at radius 2 is 1.90 bits per heavy atom. The Balaban J connectivity index is 1.96. The topological polar surface area (TPSA) is 43.6 Å². The Hall–Kier alpha value is -1.72. The van der Waals surface area contributed by atoms with Gasteiger partial charge in [-0.1, -0.05) is 52.3 Å². The van der Waals surface area contributed by atoms with Crippen LogP contribution in [0, 0.1) is 0 Å². The van der Waals surface area contributed by atoms with Gasteiger partial charge < -0.3 is 0 Å². The second-order valence-corrected chi connectivity index (χ2v) is 5.30. The van der Waals surface area contributed by atoms with Crippen molar-refractivity contribution in [2.45, 2.75) is 5.88 Å². The van der Waals surface area contributed by atoms with Crippen LogP contribution in [-0.4, -0.2) is 20.2 Å². The van der Waals surface area contributed by atoms with Gasteiger partial charge in [-0.25, -0.2) is 0 Å². The molecule has 0 N–H and O–H groups in total. The summed E-state index contributed by atoms with van der Waals surface area (Å²) in [5, 5.41) is 12.5. The minimum absolute atomic E-state index is 0.459. The summed E-state index contributed by atoms with van der Waals surface area (Å²) in [4.78, 5) is 1.51. The van der Waals surface area contributed by atoms with E-state index < -0.39 is 0 Å². The highest BCUT2D eigenvalue weighted by atomic mass is 79.9. The molecular formula is C14H10BrClN4. The van der Waals surface area contributed by atoms with Crippen LogP contribution < -0.4 is 0 Å². The monoisotopic (exact) mass is 348 g/mol. The second kappa shape index (κ2) is 5.73. The number of benzene rings is 2. The fraction of sp³-hybridized carbons (Fsp3) is 0.0714. The minimum Gasteiger partial charge on any atom is -0.130 e. The standard InChI is InChI=1S/C14H10BrClN4/c15-13-8-12(7-6-11(13)9-16)20-18-14(17-19-20)10-4-2-1-3-5-10/h1-8H,9H2. The zero-order chi connectivity index (χ0) is 13.9. The average Bonchev–Trinajstić information content (AvgIpc) is 2.98. The Morgan fingerprint density at radius 3 is 2.60 bits per heavy atom.